The average Bonchev–Trinajstić information content (AvgIpc) is 3.29. The molecule has 2 aromatic heterocycles. The van der Waals surface area contributed by atoms with Gasteiger partial charge < -0.3 is 23.7 Å². The number of imidazole rings is 1. The van der Waals surface area contributed by atoms with E-state index in [1.807, 2.05) is 22.8 Å². The van der Waals surface area contributed by atoms with Crippen LogP contribution in [0.1, 0.15) is 43.9 Å². The number of alkyl halides is 2. The lowest BCUT2D eigenvalue weighted by atomic mass is 10.1. The van der Waals surface area contributed by atoms with Crippen LogP contribution in [0.5, 0.6) is 5.75 Å². The third kappa shape index (κ3) is 7.97. The van der Waals surface area contributed by atoms with E-state index < -0.39 is 32.8 Å². The first kappa shape index (κ1) is 34.0. The highest BCUT2D eigenvalue weighted by molar-refractivity contribution is 6.76. The Morgan fingerprint density at radius 1 is 1.15 bits per heavy atom. The highest BCUT2D eigenvalue weighted by Crippen LogP contribution is 2.29. The molecule has 1 saturated heterocycles. The van der Waals surface area contributed by atoms with Crippen LogP contribution in [0.2, 0.25) is 25.7 Å². The number of nitrogens with zero attached hydrogens (tertiary/aromatic N) is 6. The SMILES string of the molecule is CC(C)(C)OC(=O)N1CC(n2nc(Cc3nc4cc(OCC(F)F)c(C#N)cc4n3COCC[Si](C)(C)C)c3ccccc3c2=O)C1. The zero-order valence-corrected chi connectivity index (χ0v) is 28.5. The highest BCUT2D eigenvalue weighted by atomic mass is 28.3. The number of carbonyl (C=O) groups is 1. The summed E-state index contributed by atoms with van der Waals surface area (Å²) in [5.74, 6) is 0.572. The summed E-state index contributed by atoms with van der Waals surface area (Å²) in [6.07, 6.45) is -2.95. The Balaban J connectivity index is 1.53. The molecule has 1 aliphatic rings. The van der Waals surface area contributed by atoms with E-state index in [1.165, 1.54) is 15.6 Å². The van der Waals surface area contributed by atoms with Gasteiger partial charge in [-0.05, 0) is 38.9 Å². The number of fused-ring (bicyclic) bond motifs is 2. The number of hydrogen-bond acceptors (Lipinski definition) is 8. The maximum atomic E-state index is 13.6. The summed E-state index contributed by atoms with van der Waals surface area (Å²) in [6.45, 7) is 12.6. The van der Waals surface area contributed by atoms with Crippen molar-refractivity contribution in [1.82, 2.24) is 24.2 Å². The second-order valence-corrected chi connectivity index (χ2v) is 19.5. The summed E-state index contributed by atoms with van der Waals surface area (Å²) in [7, 11) is -1.37. The minimum Gasteiger partial charge on any atom is -0.486 e. The largest absolute Gasteiger partial charge is 0.486 e. The number of rotatable bonds is 11. The summed E-state index contributed by atoms with van der Waals surface area (Å²) >= 11 is 0. The molecule has 47 heavy (non-hydrogen) atoms. The van der Waals surface area contributed by atoms with Gasteiger partial charge in [-0.25, -0.2) is 23.2 Å². The Hall–Kier alpha value is -4.35. The molecule has 0 atom stereocenters. The number of amides is 1. The van der Waals surface area contributed by atoms with Gasteiger partial charge in [-0.3, -0.25) is 4.79 Å². The molecule has 0 bridgehead atoms. The quantitative estimate of drug-likeness (QED) is 0.142. The highest BCUT2D eigenvalue weighted by Gasteiger charge is 2.36. The topological polar surface area (TPSA) is 125 Å². The van der Waals surface area contributed by atoms with Crippen molar-refractivity contribution in [3.63, 3.8) is 0 Å². The Morgan fingerprint density at radius 2 is 1.85 bits per heavy atom. The van der Waals surface area contributed by atoms with Gasteiger partial charge >= 0.3 is 6.09 Å². The van der Waals surface area contributed by atoms with Crippen molar-refractivity contribution in [2.24, 2.45) is 0 Å². The Labute approximate surface area is 272 Å². The normalized spacial score (nSPS) is 14.1. The van der Waals surface area contributed by atoms with E-state index in [4.69, 9.17) is 24.3 Å². The predicted molar refractivity (Wildman–Crippen MR) is 176 cm³/mol. The first-order valence-corrected chi connectivity index (χ1v) is 19.2. The maximum Gasteiger partial charge on any atom is 0.410 e. The van der Waals surface area contributed by atoms with Gasteiger partial charge in [0.2, 0.25) is 0 Å². The van der Waals surface area contributed by atoms with Crippen LogP contribution in [0.3, 0.4) is 0 Å². The number of carbonyl (C=O) groups excluding carboxylic acids is 1. The van der Waals surface area contributed by atoms with Crippen molar-refractivity contribution in [3.05, 3.63) is 63.8 Å². The molecule has 11 nitrogen and oxygen atoms in total. The fourth-order valence-electron chi connectivity index (χ4n) is 5.26. The summed E-state index contributed by atoms with van der Waals surface area (Å²) in [5, 5.41) is 15.7. The van der Waals surface area contributed by atoms with Crippen molar-refractivity contribution >= 4 is 36.0 Å². The molecule has 0 aliphatic carbocycles. The fourth-order valence-corrected chi connectivity index (χ4v) is 6.02. The average molecular weight is 667 g/mol. The summed E-state index contributed by atoms with van der Waals surface area (Å²) in [6, 6.07) is 12.9. The minimum atomic E-state index is -2.70. The third-order valence-electron chi connectivity index (χ3n) is 7.72. The molecule has 1 fully saturated rings. The number of halogens is 2. The minimum absolute atomic E-state index is 0.0211. The van der Waals surface area contributed by atoms with E-state index in [0.717, 1.165) is 6.04 Å². The molecule has 1 amide bonds. The number of aromatic nitrogens is 4. The molecular formula is C33H40F2N6O5Si. The second kappa shape index (κ2) is 13.4. The number of benzene rings is 2. The third-order valence-corrected chi connectivity index (χ3v) is 9.43. The fraction of sp³-hybridized carbons (Fsp3) is 0.485. The van der Waals surface area contributed by atoms with Crippen LogP contribution in [-0.2, 0) is 22.6 Å². The lowest BCUT2D eigenvalue weighted by Crippen LogP contribution is -2.54. The van der Waals surface area contributed by atoms with Crippen LogP contribution < -0.4 is 10.3 Å². The number of likely N-dealkylation sites (tertiary alicyclic amines) is 1. The monoisotopic (exact) mass is 666 g/mol. The molecule has 0 saturated carbocycles. The van der Waals surface area contributed by atoms with Crippen LogP contribution in [-0.4, -0.2) is 76.7 Å². The lowest BCUT2D eigenvalue weighted by molar-refractivity contribution is -0.00101. The van der Waals surface area contributed by atoms with Gasteiger partial charge in [0.05, 0.1) is 40.1 Å². The first-order chi connectivity index (χ1) is 22.1. The number of ether oxygens (including phenoxy) is 3. The van der Waals surface area contributed by atoms with Gasteiger partial charge in [0.15, 0.2) is 0 Å². The van der Waals surface area contributed by atoms with Gasteiger partial charge in [-0.2, -0.15) is 10.4 Å². The van der Waals surface area contributed by atoms with Crippen molar-refractivity contribution in [1.29, 1.82) is 5.26 Å². The summed E-state index contributed by atoms with van der Waals surface area (Å²) in [4.78, 5) is 32.5. The zero-order valence-electron chi connectivity index (χ0n) is 27.5. The lowest BCUT2D eigenvalue weighted by Gasteiger charge is -2.39. The molecule has 0 N–H and O–H groups in total. The van der Waals surface area contributed by atoms with Gasteiger partial charge in [0, 0.05) is 39.2 Å². The second-order valence-electron chi connectivity index (χ2n) is 13.9. The molecule has 1 aliphatic heterocycles. The molecule has 5 rings (SSSR count). The van der Waals surface area contributed by atoms with Crippen LogP contribution in [0.25, 0.3) is 21.8 Å². The zero-order chi connectivity index (χ0) is 34.1. The van der Waals surface area contributed by atoms with Crippen LogP contribution >= 0.6 is 0 Å². The van der Waals surface area contributed by atoms with Crippen LogP contribution in [0.15, 0.2) is 41.2 Å². The summed E-state index contributed by atoms with van der Waals surface area (Å²) in [5.41, 5.74) is 0.816. The van der Waals surface area contributed by atoms with E-state index in [2.05, 4.69) is 19.6 Å². The van der Waals surface area contributed by atoms with Crippen molar-refractivity contribution < 1.29 is 27.8 Å². The van der Waals surface area contributed by atoms with Crippen molar-refractivity contribution in [2.75, 3.05) is 26.3 Å². The molecular weight excluding hydrogens is 626 g/mol. The van der Waals surface area contributed by atoms with Gasteiger partial charge in [0.25, 0.3) is 12.0 Å². The van der Waals surface area contributed by atoms with Crippen molar-refractivity contribution in [3.8, 4) is 11.8 Å². The van der Waals surface area contributed by atoms with E-state index in [9.17, 15) is 23.6 Å². The molecule has 0 radical (unpaired) electrons. The molecule has 14 heteroatoms. The maximum absolute atomic E-state index is 13.6. The Bertz CT molecular complexity index is 1880. The van der Waals surface area contributed by atoms with Gasteiger partial charge in [-0.1, -0.05) is 37.8 Å². The number of hydrogen-bond donors (Lipinski definition) is 0. The number of nitriles is 1. The molecule has 250 valence electrons. The van der Waals surface area contributed by atoms with Crippen LogP contribution in [0, 0.1) is 11.3 Å². The van der Waals surface area contributed by atoms with E-state index in [-0.39, 0.29) is 49.2 Å². The van der Waals surface area contributed by atoms with Crippen molar-refractivity contribution in [2.45, 2.75) is 77.7 Å². The van der Waals surface area contributed by atoms with Crippen LogP contribution in [0.4, 0.5) is 13.6 Å². The molecule has 3 heterocycles. The summed E-state index contributed by atoms with van der Waals surface area (Å²) < 4.78 is 46.0. The van der Waals surface area contributed by atoms with Gasteiger partial charge in [0.1, 0.15) is 36.6 Å². The molecule has 4 aromatic rings. The van der Waals surface area contributed by atoms with Gasteiger partial charge in [-0.15, -0.1) is 0 Å². The Kier molecular flexibility index (Phi) is 9.70. The van der Waals surface area contributed by atoms with E-state index >= 15 is 0 Å². The van der Waals surface area contributed by atoms with E-state index in [1.54, 1.807) is 39.0 Å². The predicted octanol–water partition coefficient (Wildman–Crippen LogP) is 5.96. The smallest absolute Gasteiger partial charge is 0.410 e. The standard InChI is InChI=1S/C33H40F2N6O5Si/c1-33(2,3)46-32(43)39-17-22(18-39)41-31(42)24-10-8-7-9-23(24)25(38-41)15-30-37-26-14-28(45-19-29(34)35)21(16-36)13-27(26)40(30)20-44-11-12-47(4,5)6/h7-10,13-14,22,29H,11-12,15,17-20H2,1-6H3. The first-order valence-electron chi connectivity index (χ1n) is 15.5. The molecule has 0 unspecified atom stereocenters. The molecule has 2 aromatic carbocycles. The van der Waals surface area contributed by atoms with E-state index in [0.29, 0.717) is 39.9 Å². The molecule has 0 spiro atoms. The Morgan fingerprint density at radius 3 is 2.49 bits per heavy atom.